The Balaban J connectivity index is 0.000000457. The lowest BCUT2D eigenvalue weighted by Gasteiger charge is -2.04. The van der Waals surface area contributed by atoms with E-state index in [9.17, 15) is 0 Å². The average Bonchev–Trinajstić information content (AvgIpc) is 3.18. The zero-order valence-electron chi connectivity index (χ0n) is 9.76. The lowest BCUT2D eigenvalue weighted by atomic mass is 10.3. The molecule has 0 aliphatic carbocycles. The van der Waals surface area contributed by atoms with Crippen LogP contribution in [0.3, 0.4) is 0 Å². The van der Waals surface area contributed by atoms with Gasteiger partial charge < -0.3 is 5.11 Å². The van der Waals surface area contributed by atoms with Crippen molar-refractivity contribution in [2.75, 3.05) is 33.3 Å². The fourth-order valence-corrected chi connectivity index (χ4v) is 1.62. The van der Waals surface area contributed by atoms with Crippen LogP contribution in [0.15, 0.2) is 18.2 Å². The van der Waals surface area contributed by atoms with Gasteiger partial charge in [0, 0.05) is 46.4 Å². The van der Waals surface area contributed by atoms with Crippen LogP contribution in [0.4, 0.5) is 0 Å². The topological polar surface area (TPSA) is 39.1 Å². The molecule has 2 aliphatic heterocycles. The number of aromatic nitrogens is 1. The van der Waals surface area contributed by atoms with E-state index in [1.165, 1.54) is 37.6 Å². The number of pyridine rings is 1. The smallest absolute Gasteiger partial charge is 0.0547 e. The van der Waals surface area contributed by atoms with Gasteiger partial charge in [-0.3, -0.25) is 14.8 Å². The van der Waals surface area contributed by atoms with E-state index in [1.54, 1.807) is 0 Å². The molecule has 3 rings (SSSR count). The highest BCUT2D eigenvalue weighted by Crippen LogP contribution is 2.13. The van der Waals surface area contributed by atoms with E-state index in [2.05, 4.69) is 33.0 Å². The summed E-state index contributed by atoms with van der Waals surface area (Å²) in [7, 11) is 1.00. The molecule has 4 nitrogen and oxygen atoms in total. The van der Waals surface area contributed by atoms with Crippen LogP contribution in [0, 0.1) is 0 Å². The third-order valence-electron chi connectivity index (χ3n) is 2.72. The number of hydrogen-bond donors (Lipinski definition) is 1. The van der Waals surface area contributed by atoms with Crippen LogP contribution in [0.2, 0.25) is 0 Å². The Morgan fingerprint density at radius 2 is 1.44 bits per heavy atom. The van der Waals surface area contributed by atoms with Crippen molar-refractivity contribution in [3.8, 4) is 0 Å². The molecule has 0 aromatic carbocycles. The van der Waals surface area contributed by atoms with Gasteiger partial charge >= 0.3 is 0 Å². The molecule has 0 bridgehead atoms. The molecule has 1 aromatic heterocycles. The van der Waals surface area contributed by atoms with Crippen molar-refractivity contribution >= 4 is 0 Å². The summed E-state index contributed by atoms with van der Waals surface area (Å²) >= 11 is 0. The first-order valence-electron chi connectivity index (χ1n) is 5.74. The monoisotopic (exact) mass is 221 g/mol. The summed E-state index contributed by atoms with van der Waals surface area (Å²) < 4.78 is 0. The molecule has 0 saturated carbocycles. The van der Waals surface area contributed by atoms with Gasteiger partial charge in [0.25, 0.3) is 0 Å². The number of rotatable bonds is 4. The van der Waals surface area contributed by atoms with Crippen LogP contribution in [0.1, 0.15) is 11.4 Å². The molecule has 1 aromatic rings. The molecule has 2 fully saturated rings. The second-order valence-electron chi connectivity index (χ2n) is 4.17. The molecule has 2 saturated heterocycles. The summed E-state index contributed by atoms with van der Waals surface area (Å²) in [6, 6.07) is 6.39. The maximum Gasteiger partial charge on any atom is 0.0547 e. The van der Waals surface area contributed by atoms with E-state index in [0.29, 0.717) is 0 Å². The summed E-state index contributed by atoms with van der Waals surface area (Å²) in [5.41, 5.74) is 2.45. The minimum atomic E-state index is 1.00. The zero-order chi connectivity index (χ0) is 11.4. The van der Waals surface area contributed by atoms with E-state index >= 15 is 0 Å². The molecular weight excluding hydrogens is 202 g/mol. The molecule has 2 aliphatic rings. The molecule has 0 unspecified atom stereocenters. The Morgan fingerprint density at radius 1 is 1.00 bits per heavy atom. The van der Waals surface area contributed by atoms with Crippen molar-refractivity contribution < 1.29 is 5.11 Å². The SMILES string of the molecule is CO.c1cc(CN2CC2)nc(CN2CC2)c1. The molecule has 3 heterocycles. The number of hydrogen-bond acceptors (Lipinski definition) is 4. The number of nitrogens with zero attached hydrogens (tertiary/aromatic N) is 3. The number of aliphatic hydroxyl groups is 1. The summed E-state index contributed by atoms with van der Waals surface area (Å²) in [5, 5.41) is 7.00. The van der Waals surface area contributed by atoms with Gasteiger partial charge in [0.05, 0.1) is 11.4 Å². The van der Waals surface area contributed by atoms with Crippen molar-refractivity contribution in [1.82, 2.24) is 14.8 Å². The van der Waals surface area contributed by atoms with Gasteiger partial charge in [-0.2, -0.15) is 0 Å². The molecule has 88 valence electrons. The Labute approximate surface area is 96.5 Å². The molecule has 1 N–H and O–H groups in total. The second-order valence-corrected chi connectivity index (χ2v) is 4.17. The predicted molar refractivity (Wildman–Crippen MR) is 62.9 cm³/mol. The van der Waals surface area contributed by atoms with Crippen molar-refractivity contribution in [3.05, 3.63) is 29.6 Å². The van der Waals surface area contributed by atoms with Gasteiger partial charge in [0.1, 0.15) is 0 Å². The summed E-state index contributed by atoms with van der Waals surface area (Å²) in [4.78, 5) is 9.43. The van der Waals surface area contributed by atoms with Gasteiger partial charge in [-0.25, -0.2) is 0 Å². The Bertz CT molecular complexity index is 306. The van der Waals surface area contributed by atoms with E-state index in [1.807, 2.05) is 0 Å². The van der Waals surface area contributed by atoms with Gasteiger partial charge in [-0.05, 0) is 12.1 Å². The first-order valence-corrected chi connectivity index (χ1v) is 5.74. The van der Waals surface area contributed by atoms with E-state index in [4.69, 9.17) is 5.11 Å². The zero-order valence-corrected chi connectivity index (χ0v) is 9.76. The normalized spacial score (nSPS) is 18.9. The molecule has 16 heavy (non-hydrogen) atoms. The predicted octanol–water partition coefficient (Wildman–Crippen LogP) is 0.321. The van der Waals surface area contributed by atoms with Crippen LogP contribution >= 0.6 is 0 Å². The van der Waals surface area contributed by atoms with Crippen molar-refractivity contribution in [1.29, 1.82) is 0 Å². The molecule has 0 atom stereocenters. The maximum atomic E-state index is 7.00. The lowest BCUT2D eigenvalue weighted by Crippen LogP contribution is -2.04. The van der Waals surface area contributed by atoms with Crippen molar-refractivity contribution in [3.63, 3.8) is 0 Å². The number of aliphatic hydroxyl groups excluding tert-OH is 1. The summed E-state index contributed by atoms with van der Waals surface area (Å²) in [6.45, 7) is 7.06. The van der Waals surface area contributed by atoms with Crippen LogP contribution in [0.5, 0.6) is 0 Å². The maximum absolute atomic E-state index is 7.00. The summed E-state index contributed by atoms with van der Waals surface area (Å²) in [6.07, 6.45) is 0. The van der Waals surface area contributed by atoms with E-state index < -0.39 is 0 Å². The fourth-order valence-electron chi connectivity index (χ4n) is 1.62. The quantitative estimate of drug-likeness (QED) is 0.743. The van der Waals surface area contributed by atoms with Gasteiger partial charge in [-0.15, -0.1) is 0 Å². The van der Waals surface area contributed by atoms with Crippen LogP contribution in [0.25, 0.3) is 0 Å². The van der Waals surface area contributed by atoms with Crippen molar-refractivity contribution in [2.24, 2.45) is 0 Å². The third kappa shape index (κ3) is 3.56. The third-order valence-corrected chi connectivity index (χ3v) is 2.72. The van der Waals surface area contributed by atoms with Gasteiger partial charge in [0.15, 0.2) is 0 Å². The second kappa shape index (κ2) is 5.39. The highest BCUT2D eigenvalue weighted by Gasteiger charge is 2.19. The largest absolute Gasteiger partial charge is 0.400 e. The Morgan fingerprint density at radius 3 is 1.81 bits per heavy atom. The van der Waals surface area contributed by atoms with E-state index in [-0.39, 0.29) is 0 Å². The van der Waals surface area contributed by atoms with Gasteiger partial charge in [0.2, 0.25) is 0 Å². The Hall–Kier alpha value is -0.970. The highest BCUT2D eigenvalue weighted by molar-refractivity contribution is 5.12. The lowest BCUT2D eigenvalue weighted by molar-refractivity contribution is 0.399. The minimum Gasteiger partial charge on any atom is -0.400 e. The fraction of sp³-hybridized carbons (Fsp3) is 0.583. The Kier molecular flexibility index (Phi) is 3.88. The highest BCUT2D eigenvalue weighted by atomic mass is 16.2. The molecule has 0 spiro atoms. The van der Waals surface area contributed by atoms with Crippen LogP contribution in [-0.4, -0.2) is 53.2 Å². The first-order chi connectivity index (χ1) is 7.90. The standard InChI is InChI=1S/C11H15N3.CH4O/c1-2-10(8-13-4-5-13)12-11(3-1)9-14-6-7-14;1-2/h1-3H,4-9H2;2H,1H3. The van der Waals surface area contributed by atoms with Crippen molar-refractivity contribution in [2.45, 2.75) is 13.1 Å². The molecular formula is C12H19N3O. The van der Waals surface area contributed by atoms with Crippen LogP contribution < -0.4 is 0 Å². The molecule has 4 heteroatoms. The average molecular weight is 221 g/mol. The first kappa shape index (κ1) is 11.5. The van der Waals surface area contributed by atoms with Crippen LogP contribution in [-0.2, 0) is 13.1 Å². The van der Waals surface area contributed by atoms with E-state index in [0.717, 1.165) is 20.2 Å². The minimum absolute atomic E-state index is 1.00. The molecule has 0 radical (unpaired) electrons. The summed E-state index contributed by atoms with van der Waals surface area (Å²) in [5.74, 6) is 0. The molecule has 0 amide bonds. The van der Waals surface area contributed by atoms with Gasteiger partial charge in [-0.1, -0.05) is 6.07 Å².